The van der Waals surface area contributed by atoms with Crippen molar-refractivity contribution in [3.63, 3.8) is 0 Å². The summed E-state index contributed by atoms with van der Waals surface area (Å²) in [6.07, 6.45) is 2.92. The summed E-state index contributed by atoms with van der Waals surface area (Å²) in [6.45, 7) is 3.62. The molecular weight excluding hydrogens is 432 g/mol. The molecule has 3 N–H and O–H groups in total. The van der Waals surface area contributed by atoms with Crippen molar-refractivity contribution in [2.75, 3.05) is 31.5 Å². The maximum atomic E-state index is 12.9. The van der Waals surface area contributed by atoms with E-state index in [-0.39, 0.29) is 5.91 Å². The summed E-state index contributed by atoms with van der Waals surface area (Å²) in [6, 6.07) is 20.7. The quantitative estimate of drug-likeness (QED) is 0.442. The Labute approximate surface area is 199 Å². The van der Waals surface area contributed by atoms with Crippen molar-refractivity contribution < 1.29 is 9.59 Å². The predicted molar refractivity (Wildman–Crippen MR) is 135 cm³/mol. The first-order valence-electron chi connectivity index (χ1n) is 11.4. The molecule has 1 fully saturated rings. The molecule has 1 aromatic heterocycles. The monoisotopic (exact) mass is 462 g/mol. The van der Waals surface area contributed by atoms with Crippen LogP contribution in [0.4, 0.5) is 10.5 Å². The zero-order chi connectivity index (χ0) is 22.9. The van der Waals surface area contributed by atoms with Crippen LogP contribution in [0.25, 0.3) is 11.1 Å². The molecule has 0 spiro atoms. The van der Waals surface area contributed by atoms with Gasteiger partial charge in [-0.1, -0.05) is 48.5 Å². The molecule has 7 heteroatoms. The molecule has 3 aromatic rings. The Bertz CT molecular complexity index is 1020. The van der Waals surface area contributed by atoms with E-state index in [0.29, 0.717) is 18.7 Å². The van der Waals surface area contributed by atoms with Gasteiger partial charge in [-0.2, -0.15) is 0 Å². The molecule has 3 amide bonds. The van der Waals surface area contributed by atoms with E-state index in [0.717, 1.165) is 35.6 Å². The van der Waals surface area contributed by atoms with E-state index < -0.39 is 12.1 Å². The average molecular weight is 463 g/mol. The first-order valence-corrected chi connectivity index (χ1v) is 12.3. The lowest BCUT2D eigenvalue weighted by atomic mass is 10.1. The topological polar surface area (TPSA) is 73.5 Å². The molecular formula is C26H30N4O2S. The van der Waals surface area contributed by atoms with Crippen molar-refractivity contribution in [3.8, 4) is 11.1 Å². The number of urea groups is 1. The highest BCUT2D eigenvalue weighted by Crippen LogP contribution is 2.21. The fourth-order valence-electron chi connectivity index (χ4n) is 4.01. The number of amides is 3. The van der Waals surface area contributed by atoms with Gasteiger partial charge in [0.1, 0.15) is 6.04 Å². The maximum Gasteiger partial charge on any atom is 0.319 e. The molecule has 0 radical (unpaired) electrons. The molecule has 0 saturated carbocycles. The number of carbonyl (C=O) groups is 2. The Hall–Kier alpha value is -3.16. The third-order valence-electron chi connectivity index (χ3n) is 5.78. The molecule has 0 aliphatic carbocycles. The molecule has 33 heavy (non-hydrogen) atoms. The van der Waals surface area contributed by atoms with Crippen molar-refractivity contribution in [2.24, 2.45) is 0 Å². The second kappa shape index (κ2) is 11.6. The Morgan fingerprint density at radius 2 is 1.64 bits per heavy atom. The number of nitrogens with one attached hydrogen (secondary N) is 3. The molecule has 0 bridgehead atoms. The first kappa shape index (κ1) is 23.0. The number of thiophene rings is 1. The Kier molecular flexibility index (Phi) is 8.11. The number of rotatable bonds is 9. The molecule has 1 saturated heterocycles. The van der Waals surface area contributed by atoms with E-state index >= 15 is 0 Å². The van der Waals surface area contributed by atoms with E-state index in [4.69, 9.17) is 0 Å². The van der Waals surface area contributed by atoms with Gasteiger partial charge in [0.15, 0.2) is 0 Å². The van der Waals surface area contributed by atoms with Gasteiger partial charge in [-0.25, -0.2) is 4.79 Å². The number of hydrogen-bond donors (Lipinski definition) is 3. The van der Waals surface area contributed by atoms with Crippen molar-refractivity contribution in [1.82, 2.24) is 15.5 Å². The number of nitrogens with zero attached hydrogens (tertiary/aromatic N) is 1. The molecule has 2 aromatic carbocycles. The van der Waals surface area contributed by atoms with Gasteiger partial charge in [0.2, 0.25) is 5.91 Å². The molecule has 1 atom stereocenters. The third kappa shape index (κ3) is 6.91. The third-order valence-corrected chi connectivity index (χ3v) is 6.68. The van der Waals surface area contributed by atoms with Crippen molar-refractivity contribution >= 4 is 29.0 Å². The summed E-state index contributed by atoms with van der Waals surface area (Å²) in [5.74, 6) is -0.155. The lowest BCUT2D eigenvalue weighted by Gasteiger charge is -2.20. The maximum absolute atomic E-state index is 12.9. The minimum absolute atomic E-state index is 0.155. The van der Waals surface area contributed by atoms with E-state index in [2.05, 4.69) is 20.9 Å². The van der Waals surface area contributed by atoms with Gasteiger partial charge in [0.05, 0.1) is 0 Å². The number of hydrogen-bond acceptors (Lipinski definition) is 4. The van der Waals surface area contributed by atoms with Crippen LogP contribution < -0.4 is 16.0 Å². The lowest BCUT2D eigenvalue weighted by molar-refractivity contribution is -0.122. The second-order valence-corrected chi connectivity index (χ2v) is 9.25. The minimum atomic E-state index is -0.633. The van der Waals surface area contributed by atoms with Crippen LogP contribution in [0.15, 0.2) is 72.1 Å². The van der Waals surface area contributed by atoms with Crippen LogP contribution in [0.2, 0.25) is 0 Å². The van der Waals surface area contributed by atoms with Gasteiger partial charge >= 0.3 is 6.03 Å². The summed E-state index contributed by atoms with van der Waals surface area (Å²) in [5.41, 5.74) is 2.88. The highest BCUT2D eigenvalue weighted by Gasteiger charge is 2.22. The minimum Gasteiger partial charge on any atom is -0.353 e. The van der Waals surface area contributed by atoms with Crippen LogP contribution in [-0.2, 0) is 11.2 Å². The molecule has 4 rings (SSSR count). The Morgan fingerprint density at radius 1 is 0.909 bits per heavy atom. The predicted octanol–water partition coefficient (Wildman–Crippen LogP) is 4.36. The molecule has 2 heterocycles. The molecule has 172 valence electrons. The highest BCUT2D eigenvalue weighted by molar-refractivity contribution is 7.09. The van der Waals surface area contributed by atoms with Gasteiger partial charge in [0.25, 0.3) is 0 Å². The fraction of sp³-hybridized carbons (Fsp3) is 0.308. The van der Waals surface area contributed by atoms with E-state index in [1.165, 1.54) is 12.8 Å². The largest absolute Gasteiger partial charge is 0.353 e. The lowest BCUT2D eigenvalue weighted by Crippen LogP contribution is -2.50. The number of benzene rings is 2. The molecule has 6 nitrogen and oxygen atoms in total. The van der Waals surface area contributed by atoms with Crippen LogP contribution in [0.3, 0.4) is 0 Å². The van der Waals surface area contributed by atoms with Gasteiger partial charge < -0.3 is 20.9 Å². The fourth-order valence-corrected chi connectivity index (χ4v) is 4.76. The summed E-state index contributed by atoms with van der Waals surface area (Å²) in [4.78, 5) is 29.0. The molecule has 1 aliphatic heterocycles. The van der Waals surface area contributed by atoms with Gasteiger partial charge in [-0.05, 0) is 60.6 Å². The summed E-state index contributed by atoms with van der Waals surface area (Å²) in [5, 5.41) is 10.7. The summed E-state index contributed by atoms with van der Waals surface area (Å²) >= 11 is 1.58. The zero-order valence-corrected chi connectivity index (χ0v) is 19.4. The van der Waals surface area contributed by atoms with Crippen molar-refractivity contribution in [3.05, 3.63) is 77.0 Å². The standard InChI is InChI=1S/C26H30N4O2S/c31-25(27-14-17-30-15-4-5-16-30)24(19-23-9-6-18-33-23)29-26(32)28-22-12-10-21(11-13-22)20-7-2-1-3-8-20/h1-3,6-13,18,24H,4-5,14-17,19H2,(H,27,31)(H2,28,29,32)/t24-/m0/s1. The second-order valence-electron chi connectivity index (χ2n) is 8.22. The normalized spacial score (nSPS) is 14.5. The average Bonchev–Trinajstić information content (AvgIpc) is 3.54. The van der Waals surface area contributed by atoms with Crippen LogP contribution in [0.5, 0.6) is 0 Å². The number of likely N-dealkylation sites (tertiary alicyclic amines) is 1. The van der Waals surface area contributed by atoms with Crippen molar-refractivity contribution in [1.29, 1.82) is 0 Å². The van der Waals surface area contributed by atoms with E-state index in [1.54, 1.807) is 11.3 Å². The Balaban J connectivity index is 1.33. The van der Waals surface area contributed by atoms with Crippen LogP contribution in [0, 0.1) is 0 Å². The van der Waals surface area contributed by atoms with Crippen LogP contribution in [-0.4, -0.2) is 49.1 Å². The van der Waals surface area contributed by atoms with Crippen LogP contribution in [0.1, 0.15) is 17.7 Å². The first-order chi connectivity index (χ1) is 16.2. The smallest absolute Gasteiger partial charge is 0.319 e. The van der Waals surface area contributed by atoms with E-state index in [1.807, 2.05) is 72.1 Å². The van der Waals surface area contributed by atoms with Gasteiger partial charge in [-0.3, -0.25) is 4.79 Å². The van der Waals surface area contributed by atoms with Gasteiger partial charge in [0, 0.05) is 30.1 Å². The van der Waals surface area contributed by atoms with Gasteiger partial charge in [-0.15, -0.1) is 11.3 Å². The summed E-state index contributed by atoms with van der Waals surface area (Å²) < 4.78 is 0. The summed E-state index contributed by atoms with van der Waals surface area (Å²) in [7, 11) is 0. The Morgan fingerprint density at radius 3 is 2.33 bits per heavy atom. The molecule has 1 aliphatic rings. The number of anilines is 1. The number of carbonyl (C=O) groups excluding carboxylic acids is 2. The molecule has 0 unspecified atom stereocenters. The van der Waals surface area contributed by atoms with Crippen molar-refractivity contribution in [2.45, 2.75) is 25.3 Å². The zero-order valence-electron chi connectivity index (χ0n) is 18.6. The van der Waals surface area contributed by atoms with E-state index in [9.17, 15) is 9.59 Å². The SMILES string of the molecule is O=C(Nc1ccc(-c2ccccc2)cc1)N[C@@H](Cc1cccs1)C(=O)NCCN1CCCC1. The highest BCUT2D eigenvalue weighted by atomic mass is 32.1. The van der Waals surface area contributed by atoms with Crippen LogP contribution >= 0.6 is 11.3 Å².